The molecule has 2 unspecified atom stereocenters. The predicted octanol–water partition coefficient (Wildman–Crippen LogP) is 8.79. The van der Waals surface area contributed by atoms with E-state index < -0.39 is 106 Å². The fourth-order valence-corrected chi connectivity index (χ4v) is 7.47. The smallest absolute Gasteiger partial charge is 0.346 e. The number of carbonyl (C=O) groups is 1. The van der Waals surface area contributed by atoms with Crippen LogP contribution >= 0.6 is 24.4 Å². The van der Waals surface area contributed by atoms with Crippen LogP contribution in [0.25, 0.3) is 11.1 Å². The van der Waals surface area contributed by atoms with Gasteiger partial charge in [0.15, 0.2) is 5.69 Å². The van der Waals surface area contributed by atoms with Crippen molar-refractivity contribution in [3.8, 4) is 23.0 Å². The van der Waals surface area contributed by atoms with E-state index in [1.807, 2.05) is 0 Å². The van der Waals surface area contributed by atoms with Crippen molar-refractivity contribution in [2.75, 3.05) is 17.8 Å². The second-order valence-electron chi connectivity index (χ2n) is 15.0. The summed E-state index contributed by atoms with van der Waals surface area (Å²) in [4.78, 5) is 18.6. The number of thiol groups is 1. The fourth-order valence-electron chi connectivity index (χ4n) is 6.99. The van der Waals surface area contributed by atoms with Crippen LogP contribution in [0.15, 0.2) is 42.5 Å². The van der Waals surface area contributed by atoms with Crippen LogP contribution in [0, 0.1) is 23.5 Å². The molecule has 2 aromatic carbocycles. The Morgan fingerprint density at radius 2 is 1.69 bits per heavy atom. The van der Waals surface area contributed by atoms with Gasteiger partial charge in [-0.05, 0) is 80.0 Å². The standard InChI is InChI=1S/C40H40ClF9N6O2S.H3NS/c1-7-26-29(41)11-10-28(34(26)55(51)20-38(5,44)45)27-9-8-25(12-13-37(3,4)59(6)58)52-33(27)30(16-22-14-23(42)17-24(43)15-22)53-31(57)19-56-36-32(21(2)18-39(36,46)47)35(54-56)40(48,49)50;1-2/h8-11,14-15,17,21,30H,7,16,18-20,51H2,1-6H3,(H,53,57);2H,1H2/t21-,30?,59?;/m0./s1. The molecule has 61 heavy (non-hydrogen) atoms. The molecule has 9 nitrogen and oxygen atoms in total. The van der Waals surface area contributed by atoms with Crippen molar-refractivity contribution in [3.63, 3.8) is 0 Å². The van der Waals surface area contributed by atoms with E-state index in [0.717, 1.165) is 17.1 Å². The lowest BCUT2D eigenvalue weighted by Gasteiger charge is -2.29. The average molecular weight is 924 g/mol. The van der Waals surface area contributed by atoms with Crippen molar-refractivity contribution in [3.05, 3.63) is 98.6 Å². The number of amides is 1. The molecule has 3 atom stereocenters. The number of hydrogen-bond donors (Lipinski definition) is 4. The van der Waals surface area contributed by atoms with Crippen LogP contribution in [-0.2, 0) is 47.1 Å². The van der Waals surface area contributed by atoms with Gasteiger partial charge in [0, 0.05) is 58.2 Å². The first-order valence-electron chi connectivity index (χ1n) is 18.4. The number of fused-ring (bicyclic) bond motifs is 1. The van der Waals surface area contributed by atoms with Crippen LogP contribution < -0.4 is 21.3 Å². The number of nitrogens with one attached hydrogen (secondary N) is 1. The first-order valence-corrected chi connectivity index (χ1v) is 20.8. The second kappa shape index (κ2) is 19.0. The number of nitrogens with two attached hydrogens (primary N) is 2. The summed E-state index contributed by atoms with van der Waals surface area (Å²) >= 11 is 9.56. The van der Waals surface area contributed by atoms with E-state index in [1.165, 1.54) is 37.4 Å². The topological polar surface area (TPSA) is 132 Å². The Bertz CT molecular complexity index is 2340. The van der Waals surface area contributed by atoms with Gasteiger partial charge in [-0.2, -0.15) is 27.1 Å². The highest BCUT2D eigenvalue weighted by Crippen LogP contribution is 2.52. The number of rotatable bonds is 12. The number of halogens is 10. The minimum absolute atomic E-state index is 0.0243. The highest BCUT2D eigenvalue weighted by Gasteiger charge is 2.53. The molecule has 1 aliphatic carbocycles. The van der Waals surface area contributed by atoms with Gasteiger partial charge >= 0.3 is 6.18 Å². The highest BCUT2D eigenvalue weighted by atomic mass is 35.5. The third-order valence-electron chi connectivity index (χ3n) is 9.72. The van der Waals surface area contributed by atoms with Gasteiger partial charge in [-0.25, -0.2) is 28.4 Å². The maximum absolute atomic E-state index is 15.2. The molecule has 332 valence electrons. The molecule has 0 saturated heterocycles. The minimum atomic E-state index is -5.13. The number of aromatic nitrogens is 3. The maximum atomic E-state index is 15.2. The Morgan fingerprint density at radius 3 is 2.25 bits per heavy atom. The number of pyridine rings is 1. The molecule has 0 radical (unpaired) electrons. The van der Waals surface area contributed by atoms with Crippen molar-refractivity contribution in [1.82, 2.24) is 20.1 Å². The molecule has 0 spiro atoms. The molecule has 21 heteroatoms. The van der Waals surface area contributed by atoms with Crippen LogP contribution in [0.4, 0.5) is 45.2 Å². The molecule has 5 rings (SSSR count). The number of alkyl halides is 7. The lowest BCUT2D eigenvalue weighted by Crippen LogP contribution is -2.41. The summed E-state index contributed by atoms with van der Waals surface area (Å²) in [6.45, 7) is 4.64. The third-order valence-corrected chi connectivity index (χ3v) is 11.6. The van der Waals surface area contributed by atoms with Crippen LogP contribution in [0.3, 0.4) is 0 Å². The van der Waals surface area contributed by atoms with Gasteiger partial charge in [-0.3, -0.25) is 18.8 Å². The van der Waals surface area contributed by atoms with Gasteiger partial charge in [-0.1, -0.05) is 37.4 Å². The molecule has 0 fully saturated rings. The van der Waals surface area contributed by atoms with Crippen LogP contribution in [0.2, 0.25) is 5.02 Å². The molecule has 1 aliphatic rings. The van der Waals surface area contributed by atoms with E-state index in [9.17, 15) is 39.7 Å². The average Bonchev–Trinajstić information content (AvgIpc) is 3.65. The van der Waals surface area contributed by atoms with Crippen molar-refractivity contribution in [1.29, 1.82) is 0 Å². The highest BCUT2D eigenvalue weighted by molar-refractivity contribution is 7.85. The van der Waals surface area contributed by atoms with Gasteiger partial charge in [0.2, 0.25) is 5.91 Å². The zero-order chi connectivity index (χ0) is 46.0. The van der Waals surface area contributed by atoms with Gasteiger partial charge < -0.3 is 10.3 Å². The third kappa shape index (κ3) is 11.6. The normalized spacial score (nSPS) is 15.8. The Labute approximate surface area is 359 Å². The minimum Gasteiger partial charge on any atom is -0.346 e. The summed E-state index contributed by atoms with van der Waals surface area (Å²) in [5.41, 5.74) is -2.84. The monoisotopic (exact) mass is 923 g/mol. The van der Waals surface area contributed by atoms with E-state index in [-0.39, 0.29) is 45.2 Å². The molecule has 2 heterocycles. The molecule has 2 aromatic heterocycles. The fraction of sp³-hybridized carbons (Fsp3) is 0.425. The quantitative estimate of drug-likeness (QED) is 0.0368. The van der Waals surface area contributed by atoms with Crippen molar-refractivity contribution in [2.45, 2.75) is 95.2 Å². The Kier molecular flexibility index (Phi) is 15.4. The number of anilines is 1. The molecule has 0 aliphatic heterocycles. The number of nitrogens with zero attached hydrogens (tertiary/aromatic N) is 4. The summed E-state index contributed by atoms with van der Waals surface area (Å²) in [6.07, 6.45) is -4.90. The van der Waals surface area contributed by atoms with Crippen LogP contribution in [0.1, 0.15) is 92.5 Å². The molecule has 0 bridgehead atoms. The zero-order valence-electron chi connectivity index (χ0n) is 33.6. The summed E-state index contributed by atoms with van der Waals surface area (Å²) in [5.74, 6) is 0.523. The van der Waals surface area contributed by atoms with Crippen molar-refractivity contribution in [2.24, 2.45) is 11.0 Å². The van der Waals surface area contributed by atoms with Crippen molar-refractivity contribution < 1.29 is 48.5 Å². The van der Waals surface area contributed by atoms with Gasteiger partial charge in [0.1, 0.15) is 34.3 Å². The molecular weight excluding hydrogens is 881 g/mol. The summed E-state index contributed by atoms with van der Waals surface area (Å²) in [5, 5.41) is 11.1. The molecular formula is C40H43ClF9N7O2S2. The van der Waals surface area contributed by atoms with E-state index >= 15 is 8.78 Å². The lowest BCUT2D eigenvalue weighted by molar-refractivity contribution is -0.142. The molecule has 1 amide bonds. The maximum Gasteiger partial charge on any atom is 0.435 e. The number of hydrazine groups is 1. The zero-order valence-corrected chi connectivity index (χ0v) is 36.1. The SMILES string of the molecule is CCc1c(Cl)ccc(-c2ccc(C#CC(C)(C)S(C)=O)nc2C(Cc2cc(F)cc(F)c2)NC(=O)Cn2nc(C(F)(F)F)c3c2C(F)(F)C[C@@H]3C)c1N(N)CC(C)(F)F.NS. The summed E-state index contributed by atoms with van der Waals surface area (Å²) < 4.78 is 142. The van der Waals surface area contributed by atoms with E-state index in [4.69, 9.17) is 17.4 Å². The summed E-state index contributed by atoms with van der Waals surface area (Å²) in [6, 6.07) is 6.87. The van der Waals surface area contributed by atoms with Crippen LogP contribution in [0.5, 0.6) is 0 Å². The Hall–Kier alpha value is -4.29. The van der Waals surface area contributed by atoms with Gasteiger partial charge in [0.05, 0.1) is 24.0 Å². The first-order chi connectivity index (χ1) is 28.2. The van der Waals surface area contributed by atoms with Gasteiger partial charge in [0.25, 0.3) is 11.8 Å². The number of hydrogen-bond acceptors (Lipinski definition) is 8. The van der Waals surface area contributed by atoms with Crippen LogP contribution in [-0.4, -0.2) is 48.4 Å². The Balaban J connectivity index is 0.00000403. The van der Waals surface area contributed by atoms with Crippen molar-refractivity contribution >= 4 is 46.8 Å². The number of carbonyl (C=O) groups excluding carboxylic acids is 1. The van der Waals surface area contributed by atoms with E-state index in [0.29, 0.717) is 23.2 Å². The van der Waals surface area contributed by atoms with Gasteiger partial charge in [-0.15, -0.1) is 12.8 Å². The molecule has 5 N–H and O–H groups in total. The largest absolute Gasteiger partial charge is 0.435 e. The Morgan fingerprint density at radius 1 is 1.08 bits per heavy atom. The predicted molar refractivity (Wildman–Crippen MR) is 220 cm³/mol. The van der Waals surface area contributed by atoms with E-state index in [2.05, 4.69) is 45.2 Å². The molecule has 0 saturated carbocycles. The molecule has 4 aromatic rings. The lowest BCUT2D eigenvalue weighted by atomic mass is 9.92. The second-order valence-corrected chi connectivity index (χ2v) is 17.3. The number of benzene rings is 2. The first kappa shape index (κ1) is 49.4. The summed E-state index contributed by atoms with van der Waals surface area (Å²) in [7, 11) is -1.45. The van der Waals surface area contributed by atoms with E-state index in [1.54, 1.807) is 20.8 Å².